The molecular weight excluding hydrogens is 250 g/mol. The molecule has 1 amide bonds. The highest BCUT2D eigenvalue weighted by Crippen LogP contribution is 2.28. The number of fused-ring (bicyclic) bond motifs is 1. The van der Waals surface area contributed by atoms with E-state index >= 15 is 0 Å². The topological polar surface area (TPSA) is 29.5 Å². The summed E-state index contributed by atoms with van der Waals surface area (Å²) in [5.74, 6) is 0.431. The average Bonchev–Trinajstić information content (AvgIpc) is 2.34. The molecule has 20 heavy (non-hydrogen) atoms. The molecule has 0 bridgehead atoms. The molecule has 1 atom stereocenters. The van der Waals surface area contributed by atoms with E-state index in [1.165, 1.54) is 16.0 Å². The molecule has 110 valence electrons. The van der Waals surface area contributed by atoms with Gasteiger partial charge in [0.2, 0.25) is 0 Å². The van der Waals surface area contributed by atoms with E-state index in [4.69, 9.17) is 6.11 Å². The Balaban J connectivity index is 2.25. The standard InChI is InChI=1S/C17H25NO2/c1-12(2)14-8-6-7-13-11-18(10-9-15(13)14)16(19)20-17(3,4)5/h6-8,12H,9-11H2,1-5H3/i10T. The Morgan fingerprint density at radius 3 is 2.70 bits per heavy atom. The van der Waals surface area contributed by atoms with Crippen molar-refractivity contribution >= 4 is 6.09 Å². The Hall–Kier alpha value is -1.51. The fourth-order valence-electron chi connectivity index (χ4n) is 2.50. The van der Waals surface area contributed by atoms with E-state index in [0.717, 1.165) is 5.56 Å². The van der Waals surface area contributed by atoms with Crippen LogP contribution in [0.2, 0.25) is 0 Å². The molecule has 0 aromatic heterocycles. The van der Waals surface area contributed by atoms with E-state index in [-0.39, 0.29) is 0 Å². The zero-order chi connectivity index (χ0) is 15.8. The first-order valence-corrected chi connectivity index (χ1v) is 7.21. The molecule has 0 fully saturated rings. The smallest absolute Gasteiger partial charge is 0.410 e. The molecule has 0 aliphatic carbocycles. The summed E-state index contributed by atoms with van der Waals surface area (Å²) in [7, 11) is 0. The highest BCUT2D eigenvalue weighted by Gasteiger charge is 2.26. The normalized spacial score (nSPS) is 19.6. The number of carbonyl (C=O) groups is 1. The van der Waals surface area contributed by atoms with Gasteiger partial charge in [0, 0.05) is 14.4 Å². The third kappa shape index (κ3) is 3.33. The van der Waals surface area contributed by atoms with Gasteiger partial charge in [0.1, 0.15) is 5.60 Å². The lowest BCUT2D eigenvalue weighted by Crippen LogP contribution is -2.40. The van der Waals surface area contributed by atoms with Crippen LogP contribution in [0.3, 0.4) is 0 Å². The molecule has 1 aromatic carbocycles. The molecule has 1 aliphatic rings. The Morgan fingerprint density at radius 2 is 2.10 bits per heavy atom. The number of hydrogen-bond acceptors (Lipinski definition) is 2. The van der Waals surface area contributed by atoms with Crippen LogP contribution in [0.25, 0.3) is 0 Å². The Morgan fingerprint density at radius 1 is 1.40 bits per heavy atom. The van der Waals surface area contributed by atoms with Crippen LogP contribution < -0.4 is 0 Å². The highest BCUT2D eigenvalue weighted by atomic mass is 16.6. The summed E-state index contributed by atoms with van der Waals surface area (Å²) in [6, 6.07) is 6.20. The van der Waals surface area contributed by atoms with Gasteiger partial charge in [0.25, 0.3) is 0 Å². The molecular formula is C17H25NO2. The van der Waals surface area contributed by atoms with Crippen molar-refractivity contribution in [3.05, 3.63) is 34.9 Å². The fraction of sp³-hybridized carbons (Fsp3) is 0.588. The van der Waals surface area contributed by atoms with E-state index in [0.29, 0.717) is 18.9 Å². The van der Waals surface area contributed by atoms with Crippen molar-refractivity contribution in [1.29, 1.82) is 0 Å². The molecule has 3 nitrogen and oxygen atoms in total. The summed E-state index contributed by atoms with van der Waals surface area (Å²) in [5, 5.41) is 0. The number of rotatable bonds is 1. The summed E-state index contributed by atoms with van der Waals surface area (Å²) >= 11 is 0. The molecule has 2 rings (SSSR count). The third-order valence-corrected chi connectivity index (χ3v) is 3.42. The summed E-state index contributed by atoms with van der Waals surface area (Å²) in [6.07, 6.45) is 0.172. The third-order valence-electron chi connectivity index (χ3n) is 3.42. The van der Waals surface area contributed by atoms with Crippen molar-refractivity contribution in [2.45, 2.75) is 59.1 Å². The van der Waals surface area contributed by atoms with Gasteiger partial charge in [-0.15, -0.1) is 0 Å². The van der Waals surface area contributed by atoms with Crippen molar-refractivity contribution in [3.63, 3.8) is 0 Å². The van der Waals surface area contributed by atoms with Gasteiger partial charge in [0.15, 0.2) is 0 Å². The van der Waals surface area contributed by atoms with Crippen LogP contribution in [-0.2, 0) is 17.7 Å². The molecule has 1 heterocycles. The lowest BCUT2D eigenvalue weighted by atomic mass is 9.89. The summed E-state index contributed by atoms with van der Waals surface area (Å²) in [4.78, 5) is 13.7. The molecule has 0 spiro atoms. The van der Waals surface area contributed by atoms with Crippen LogP contribution >= 0.6 is 0 Å². The number of benzene rings is 1. The van der Waals surface area contributed by atoms with E-state index in [1.54, 1.807) is 0 Å². The van der Waals surface area contributed by atoms with Crippen LogP contribution in [0.5, 0.6) is 0 Å². The summed E-state index contributed by atoms with van der Waals surface area (Å²) < 4.78 is 13.7. The summed E-state index contributed by atoms with van der Waals surface area (Å²) in [6.45, 7) is 9.74. The van der Waals surface area contributed by atoms with Crippen LogP contribution in [-0.4, -0.2) is 23.1 Å². The van der Waals surface area contributed by atoms with Gasteiger partial charge in [-0.1, -0.05) is 32.0 Å². The van der Waals surface area contributed by atoms with Gasteiger partial charge in [-0.3, -0.25) is 0 Å². The lowest BCUT2D eigenvalue weighted by molar-refractivity contribution is 0.0223. The summed E-state index contributed by atoms with van der Waals surface area (Å²) in [5.41, 5.74) is 3.12. The van der Waals surface area contributed by atoms with E-state index in [1.807, 2.05) is 32.9 Å². The minimum absolute atomic E-state index is 0.400. The minimum atomic E-state index is -0.577. The zero-order valence-electron chi connectivity index (χ0n) is 14.1. The van der Waals surface area contributed by atoms with Crippen LogP contribution in [0, 0.1) is 0 Å². The molecule has 0 radical (unpaired) electrons. The quantitative estimate of drug-likeness (QED) is 0.773. The van der Waals surface area contributed by atoms with E-state index < -0.39 is 18.2 Å². The molecule has 0 saturated carbocycles. The molecule has 1 aliphatic heterocycles. The van der Waals surface area contributed by atoms with Gasteiger partial charge in [-0.25, -0.2) is 4.79 Å². The van der Waals surface area contributed by atoms with Crippen LogP contribution in [0.4, 0.5) is 4.79 Å². The SMILES string of the molecule is [3H]C1Cc2c(cccc2C(C)C)CN1C(=O)OC(C)(C)C. The minimum Gasteiger partial charge on any atom is -0.444 e. The maximum absolute atomic E-state index is 12.2. The van der Waals surface area contributed by atoms with Crippen LogP contribution in [0.15, 0.2) is 18.2 Å². The second kappa shape index (κ2) is 5.47. The monoisotopic (exact) mass is 277 g/mol. The lowest BCUT2D eigenvalue weighted by Gasteiger charge is -2.32. The van der Waals surface area contributed by atoms with Crippen LogP contribution in [0.1, 0.15) is 58.6 Å². The van der Waals surface area contributed by atoms with Gasteiger partial charge in [-0.05, 0) is 49.8 Å². The number of nitrogens with zero attached hydrogens (tertiary/aromatic N) is 1. The van der Waals surface area contributed by atoms with Crippen molar-refractivity contribution in [1.82, 2.24) is 4.90 Å². The Kier molecular flexibility index (Phi) is 3.68. The van der Waals surface area contributed by atoms with Gasteiger partial charge >= 0.3 is 6.09 Å². The molecule has 3 heteroatoms. The Bertz CT molecular complexity index is 534. The predicted molar refractivity (Wildman–Crippen MR) is 80.9 cm³/mol. The highest BCUT2D eigenvalue weighted by molar-refractivity contribution is 5.68. The average molecular weight is 277 g/mol. The van der Waals surface area contributed by atoms with Gasteiger partial charge in [0.05, 0.1) is 0 Å². The Labute approximate surface area is 123 Å². The first-order valence-electron chi connectivity index (χ1n) is 7.79. The molecule has 0 N–H and O–H groups in total. The maximum atomic E-state index is 12.2. The predicted octanol–water partition coefficient (Wildman–Crippen LogP) is 4.10. The molecule has 1 unspecified atom stereocenters. The number of amides is 1. The molecule has 1 aromatic rings. The fourth-order valence-corrected chi connectivity index (χ4v) is 2.50. The van der Waals surface area contributed by atoms with E-state index in [9.17, 15) is 4.79 Å². The number of ether oxygens (including phenoxy) is 1. The zero-order valence-corrected chi connectivity index (χ0v) is 13.1. The van der Waals surface area contributed by atoms with Crippen molar-refractivity contribution in [2.75, 3.05) is 6.52 Å². The van der Waals surface area contributed by atoms with Gasteiger partial charge < -0.3 is 9.64 Å². The van der Waals surface area contributed by atoms with Crippen molar-refractivity contribution in [2.24, 2.45) is 0 Å². The second-order valence-electron chi connectivity index (χ2n) is 6.63. The van der Waals surface area contributed by atoms with Crippen molar-refractivity contribution < 1.29 is 10.9 Å². The molecule has 0 saturated heterocycles. The first kappa shape index (κ1) is 13.5. The van der Waals surface area contributed by atoms with Crippen molar-refractivity contribution in [3.8, 4) is 0 Å². The maximum Gasteiger partial charge on any atom is 0.410 e. The second-order valence-corrected chi connectivity index (χ2v) is 6.63. The van der Waals surface area contributed by atoms with E-state index in [2.05, 4.69) is 19.9 Å². The first-order chi connectivity index (χ1) is 9.69. The largest absolute Gasteiger partial charge is 0.444 e. The van der Waals surface area contributed by atoms with Gasteiger partial charge in [-0.2, -0.15) is 0 Å². The number of carbonyl (C=O) groups excluding carboxylic acids is 1. The number of hydrogen-bond donors (Lipinski definition) is 0.